The molecule has 3 rings (SSSR count). The largest absolute Gasteiger partial charge is 0.512 e. The van der Waals surface area contributed by atoms with Crippen molar-refractivity contribution in [3.63, 3.8) is 0 Å². The van der Waals surface area contributed by atoms with Gasteiger partial charge in [0.05, 0.1) is 25.3 Å². The molecule has 384 valence electrons. The van der Waals surface area contributed by atoms with Crippen molar-refractivity contribution in [2.24, 2.45) is 5.41 Å². The number of nitrogen functional groups attached to an aromatic ring is 1. The zero-order valence-corrected chi connectivity index (χ0v) is 41.5. The number of phosphoric acid groups is 3. The van der Waals surface area contributed by atoms with Crippen molar-refractivity contribution in [1.29, 1.82) is 0 Å². The first-order valence-electron chi connectivity index (χ1n) is 21.7. The van der Waals surface area contributed by atoms with Gasteiger partial charge >= 0.3 is 23.5 Å². The number of imidazole rings is 1. The maximum atomic E-state index is 12.7. The highest BCUT2D eigenvalue weighted by molar-refractivity contribution is 8.13. The molecule has 7 atom stereocenters. The predicted octanol–water partition coefficient (Wildman–Crippen LogP) is 4.14. The fourth-order valence-corrected chi connectivity index (χ4v) is 9.86. The van der Waals surface area contributed by atoms with Gasteiger partial charge in [0.15, 0.2) is 22.8 Å². The van der Waals surface area contributed by atoms with E-state index in [0.29, 0.717) is 24.4 Å². The summed E-state index contributed by atoms with van der Waals surface area (Å²) >= 11 is 1.11. The summed E-state index contributed by atoms with van der Waals surface area (Å²) < 4.78 is 62.4. The minimum Gasteiger partial charge on any atom is -0.512 e. The number of fused-ring (bicyclic) bond motifs is 1. The number of unbranched alkanes of at least 4 members (excludes halogenated alkanes) is 5. The average molecular weight is 1040 g/mol. The van der Waals surface area contributed by atoms with Crippen LogP contribution in [-0.2, 0) is 50.7 Å². The van der Waals surface area contributed by atoms with Crippen molar-refractivity contribution < 1.29 is 85.6 Å². The Labute approximate surface area is 397 Å². The molecule has 2 aromatic heterocycles. The molecule has 11 N–H and O–H groups in total. The molecule has 1 aliphatic rings. The lowest BCUT2D eigenvalue weighted by Crippen LogP contribution is -2.46. The normalized spacial score (nSPS) is 20.5. The molecular formula is C39H64N7O18P3S. The van der Waals surface area contributed by atoms with Crippen LogP contribution in [0, 0.1) is 5.41 Å². The van der Waals surface area contributed by atoms with Crippen LogP contribution in [0.3, 0.4) is 0 Å². The standard InChI is InChI=1S/C39H64N7O18P3S/c1-4-5-6-7-8-10-13-16-27(47)17-14-11-9-12-15-18-30(49)68-22-21-41-29(48)19-20-42-37(52)34(51)39(2,3)24-61-67(58,59)64-66(56,57)60-23-28-33(63-65(53,54)55)32(50)38(62-28)46-26-45-31-35(40)43-25-44-36(31)46/h5-6,10,13,16,25-26,28,32-34,38,47,50-51H,4,7-9,11-12,14-15,17-24H2,1-3H3,(H,41,48)(H,42,52)(H,56,57)(H,58,59)(H2,40,43,44)(H2,53,54,55)/b6-5+,13-10+,27-16-. The molecule has 2 amide bonds. The summed E-state index contributed by atoms with van der Waals surface area (Å²) in [4.78, 5) is 88.3. The smallest absolute Gasteiger partial charge is 0.481 e. The van der Waals surface area contributed by atoms with Crippen LogP contribution in [0.15, 0.2) is 48.8 Å². The van der Waals surface area contributed by atoms with Crippen LogP contribution in [-0.4, -0.2) is 128 Å². The van der Waals surface area contributed by atoms with Crippen molar-refractivity contribution in [1.82, 2.24) is 30.2 Å². The number of aromatic nitrogens is 4. The summed E-state index contributed by atoms with van der Waals surface area (Å²) in [7, 11) is -16.4. The van der Waals surface area contributed by atoms with Gasteiger partial charge in [-0.3, -0.25) is 32.5 Å². The van der Waals surface area contributed by atoms with E-state index in [1.165, 1.54) is 13.8 Å². The second-order valence-corrected chi connectivity index (χ2v) is 21.5. The van der Waals surface area contributed by atoms with Crippen LogP contribution in [0.2, 0.25) is 0 Å². The van der Waals surface area contributed by atoms with Crippen molar-refractivity contribution in [2.45, 2.75) is 122 Å². The van der Waals surface area contributed by atoms with E-state index in [9.17, 15) is 63.0 Å². The highest BCUT2D eigenvalue weighted by Gasteiger charge is 2.50. The van der Waals surface area contributed by atoms with Gasteiger partial charge in [-0.2, -0.15) is 4.31 Å². The number of carbonyl (C=O) groups excluding carboxylic acids is 3. The Morgan fingerprint density at radius 1 is 0.941 bits per heavy atom. The van der Waals surface area contributed by atoms with E-state index >= 15 is 0 Å². The third-order valence-electron chi connectivity index (χ3n) is 9.91. The van der Waals surface area contributed by atoms with Crippen LogP contribution in [0.5, 0.6) is 0 Å². The van der Waals surface area contributed by atoms with E-state index in [4.69, 9.17) is 19.5 Å². The quantitative estimate of drug-likeness (QED) is 0.0162. The monoisotopic (exact) mass is 1040 g/mol. The van der Waals surface area contributed by atoms with Crippen molar-refractivity contribution in [3.8, 4) is 0 Å². The molecule has 0 aromatic carbocycles. The molecule has 0 spiro atoms. The minimum atomic E-state index is -5.58. The molecule has 29 heteroatoms. The van der Waals surface area contributed by atoms with Crippen molar-refractivity contribution in [3.05, 3.63) is 48.8 Å². The zero-order valence-electron chi connectivity index (χ0n) is 38.0. The third-order valence-corrected chi connectivity index (χ3v) is 13.9. The van der Waals surface area contributed by atoms with Crippen molar-refractivity contribution in [2.75, 3.05) is 37.8 Å². The maximum Gasteiger partial charge on any atom is 0.481 e. The molecule has 0 aliphatic carbocycles. The molecule has 1 fully saturated rings. The Kier molecular flexibility index (Phi) is 24.6. The van der Waals surface area contributed by atoms with E-state index in [1.807, 2.05) is 12.2 Å². The van der Waals surface area contributed by atoms with Crippen LogP contribution >= 0.6 is 35.2 Å². The summed E-state index contributed by atoms with van der Waals surface area (Å²) in [5.74, 6) is -0.756. The van der Waals surface area contributed by atoms with Crippen LogP contribution in [0.1, 0.15) is 97.6 Å². The van der Waals surface area contributed by atoms with E-state index < -0.39 is 84.6 Å². The zero-order chi connectivity index (χ0) is 50.5. The van der Waals surface area contributed by atoms with E-state index in [-0.39, 0.29) is 41.6 Å². The number of ether oxygens (including phenoxy) is 1. The van der Waals surface area contributed by atoms with Gasteiger partial charge in [0, 0.05) is 43.5 Å². The number of hydrogen-bond donors (Lipinski definition) is 10. The summed E-state index contributed by atoms with van der Waals surface area (Å²) in [5.41, 5.74) is 4.26. The van der Waals surface area contributed by atoms with Gasteiger partial charge in [0.1, 0.15) is 36.3 Å². The molecule has 2 aromatic rings. The Balaban J connectivity index is 1.32. The molecule has 0 radical (unpaired) electrons. The molecule has 0 saturated carbocycles. The van der Waals surface area contributed by atoms with Crippen LogP contribution in [0.25, 0.3) is 11.2 Å². The number of phosphoric ester groups is 3. The number of aliphatic hydroxyl groups excluding tert-OH is 3. The van der Waals surface area contributed by atoms with Gasteiger partial charge in [-0.1, -0.05) is 76.1 Å². The summed E-state index contributed by atoms with van der Waals surface area (Å²) in [5, 5.41) is 36.6. The summed E-state index contributed by atoms with van der Waals surface area (Å²) in [6.07, 6.45) is 11.3. The number of aliphatic hydroxyl groups is 3. The topological polar surface area (TPSA) is 384 Å². The van der Waals surface area contributed by atoms with E-state index in [0.717, 1.165) is 80.4 Å². The number of anilines is 1. The van der Waals surface area contributed by atoms with Gasteiger partial charge < -0.3 is 56.0 Å². The summed E-state index contributed by atoms with van der Waals surface area (Å²) in [6.45, 7) is 2.57. The number of nitrogens with zero attached hydrogens (tertiary/aromatic N) is 4. The SMILES string of the molecule is CC/C=C/CC/C=C/C=C(\O)CCCCCCCC(=O)SCCNC(=O)CCNC(=O)C(O)C(C)(C)COP(=O)(O)OP(=O)(O)OCC1OC(n2cnc3c(N)ncnc32)C(O)C1OP(=O)(O)O. The number of hydrogen-bond acceptors (Lipinski definition) is 19. The number of allylic oxidation sites excluding steroid dienone is 6. The second-order valence-electron chi connectivity index (χ2n) is 16.1. The predicted molar refractivity (Wildman–Crippen MR) is 248 cm³/mol. The van der Waals surface area contributed by atoms with E-state index in [2.05, 4.69) is 53.5 Å². The molecule has 0 bridgehead atoms. The average Bonchev–Trinajstić information content (AvgIpc) is 3.82. The van der Waals surface area contributed by atoms with E-state index in [1.54, 1.807) is 6.08 Å². The molecule has 1 saturated heterocycles. The molecule has 1 aliphatic heterocycles. The van der Waals surface area contributed by atoms with Gasteiger partial charge in [-0.15, -0.1) is 0 Å². The molecule has 25 nitrogen and oxygen atoms in total. The van der Waals surface area contributed by atoms with Gasteiger partial charge in [0.2, 0.25) is 11.8 Å². The van der Waals surface area contributed by atoms with Crippen LogP contribution < -0.4 is 16.4 Å². The maximum absolute atomic E-state index is 12.7. The lowest BCUT2D eigenvalue weighted by Gasteiger charge is -2.30. The Morgan fingerprint density at radius 3 is 2.32 bits per heavy atom. The Hall–Kier alpha value is -3.42. The summed E-state index contributed by atoms with van der Waals surface area (Å²) in [6, 6.07) is 0. The number of rotatable bonds is 32. The van der Waals surface area contributed by atoms with Gasteiger partial charge in [-0.05, 0) is 38.2 Å². The number of thioether (sulfide) groups is 1. The molecule has 7 unspecified atom stereocenters. The number of nitrogens with one attached hydrogen (secondary N) is 2. The fraction of sp³-hybridized carbons (Fsp3) is 0.641. The van der Waals surface area contributed by atoms with Gasteiger partial charge in [-0.25, -0.2) is 28.6 Å². The molecular weight excluding hydrogens is 979 g/mol. The molecule has 3 heterocycles. The van der Waals surface area contributed by atoms with Crippen LogP contribution in [0.4, 0.5) is 5.82 Å². The number of carbonyl (C=O) groups is 3. The third kappa shape index (κ3) is 21.3. The first kappa shape index (κ1) is 58.9. The highest BCUT2D eigenvalue weighted by atomic mass is 32.2. The Bertz CT molecular complexity index is 2190. The van der Waals surface area contributed by atoms with Gasteiger partial charge in [0.25, 0.3) is 0 Å². The number of nitrogens with two attached hydrogens (primary N) is 1. The second kappa shape index (κ2) is 28.4. The fourth-order valence-electron chi connectivity index (χ4n) is 6.31. The molecule has 68 heavy (non-hydrogen) atoms. The highest BCUT2D eigenvalue weighted by Crippen LogP contribution is 2.61. The lowest BCUT2D eigenvalue weighted by atomic mass is 9.87. The first-order chi connectivity index (χ1) is 31.9. The number of amides is 2. The minimum absolute atomic E-state index is 0.00808. The first-order valence-corrected chi connectivity index (χ1v) is 27.2. The van der Waals surface area contributed by atoms with Crippen molar-refractivity contribution >= 4 is 69.1 Å². The lowest BCUT2D eigenvalue weighted by molar-refractivity contribution is -0.137. The Morgan fingerprint density at radius 2 is 1.62 bits per heavy atom.